The molecule has 2 aliphatic carbocycles. The highest BCUT2D eigenvalue weighted by Gasteiger charge is 2.28. The second-order valence-corrected chi connectivity index (χ2v) is 3.88. The number of hydrogen-bond donors (Lipinski definition) is 0. The highest BCUT2D eigenvalue weighted by Crippen LogP contribution is 2.47. The molecular weight excluding hydrogens is 127 g/mol. The van der Waals surface area contributed by atoms with Gasteiger partial charge in [0.15, 0.2) is 0 Å². The third-order valence-electron chi connectivity index (χ3n) is 2.47. The molecule has 0 N–H and O–H groups in total. The fourth-order valence-electron chi connectivity index (χ4n) is 1.96. The minimum absolute atomic E-state index is 1.03. The second-order valence-electron chi connectivity index (χ2n) is 3.02. The summed E-state index contributed by atoms with van der Waals surface area (Å²) in [5.41, 5.74) is 1.75. The molecule has 9 heavy (non-hydrogen) atoms. The summed E-state index contributed by atoms with van der Waals surface area (Å²) < 4.78 is 0. The van der Waals surface area contributed by atoms with Crippen molar-refractivity contribution in [2.45, 2.75) is 25.7 Å². The number of allylic oxidation sites excluding steroid dienone is 2. The molecule has 0 aliphatic heterocycles. The normalized spacial score (nSPS) is 32.7. The van der Waals surface area contributed by atoms with Gasteiger partial charge >= 0.3 is 0 Å². The van der Waals surface area contributed by atoms with Crippen LogP contribution in [0.25, 0.3) is 0 Å². The van der Waals surface area contributed by atoms with Crippen LogP contribution in [0.5, 0.6) is 0 Å². The maximum absolute atomic E-state index is 3.90. The molecule has 0 heterocycles. The highest BCUT2D eigenvalue weighted by atomic mass is 31.1. The van der Waals surface area contributed by atoms with Crippen molar-refractivity contribution in [1.82, 2.24) is 0 Å². The molecule has 0 nitrogen and oxygen atoms in total. The van der Waals surface area contributed by atoms with Crippen molar-refractivity contribution >= 4 is 14.5 Å². The first-order chi connectivity index (χ1) is 4.40. The average molecular weight is 138 g/mol. The van der Waals surface area contributed by atoms with Crippen LogP contribution >= 0.6 is 8.20 Å². The Balaban J connectivity index is 2.32. The zero-order chi connectivity index (χ0) is 6.27. The summed E-state index contributed by atoms with van der Waals surface area (Å²) in [6.45, 7) is 0. The standard InChI is InChI=1S/C8H11P/c1-9-8-5-6-2-3-7(8)4-6/h6H,1-5H2. The maximum Gasteiger partial charge on any atom is -0.0204 e. The summed E-state index contributed by atoms with van der Waals surface area (Å²) in [7, 11) is 1.29. The van der Waals surface area contributed by atoms with Gasteiger partial charge in [-0.25, -0.2) is 0 Å². The first-order valence-electron chi connectivity index (χ1n) is 3.58. The van der Waals surface area contributed by atoms with Gasteiger partial charge in [0, 0.05) is 0 Å². The van der Waals surface area contributed by atoms with E-state index in [2.05, 4.69) is 6.30 Å². The monoisotopic (exact) mass is 138 g/mol. The SMILES string of the molecule is C=PC1=C2CCC(C2)C1. The van der Waals surface area contributed by atoms with Gasteiger partial charge in [-0.1, -0.05) is 20.1 Å². The van der Waals surface area contributed by atoms with Crippen LogP contribution in [-0.4, -0.2) is 6.30 Å². The van der Waals surface area contributed by atoms with Crippen LogP contribution in [0.2, 0.25) is 0 Å². The lowest BCUT2D eigenvalue weighted by atomic mass is 10.1. The molecule has 0 aromatic carbocycles. The Morgan fingerprint density at radius 2 is 2.33 bits per heavy atom. The quantitative estimate of drug-likeness (QED) is 0.489. The van der Waals surface area contributed by atoms with Crippen LogP contribution in [0.3, 0.4) is 0 Å². The Kier molecular flexibility index (Phi) is 1.23. The third kappa shape index (κ3) is 0.773. The zero-order valence-electron chi connectivity index (χ0n) is 5.56. The fourth-order valence-corrected chi connectivity index (χ4v) is 2.78. The minimum Gasteiger partial charge on any atom is -0.0809 e. The average Bonchev–Trinajstić information content (AvgIpc) is 2.45. The van der Waals surface area contributed by atoms with E-state index in [0.717, 1.165) is 5.92 Å². The lowest BCUT2D eigenvalue weighted by Gasteiger charge is -2.05. The predicted molar refractivity (Wildman–Crippen MR) is 43.0 cm³/mol. The van der Waals surface area contributed by atoms with Crippen LogP contribution in [0.4, 0.5) is 0 Å². The molecule has 1 saturated carbocycles. The van der Waals surface area contributed by atoms with Crippen molar-refractivity contribution < 1.29 is 0 Å². The molecule has 0 radical (unpaired) electrons. The summed E-state index contributed by atoms with van der Waals surface area (Å²) in [5, 5.41) is 1.66. The van der Waals surface area contributed by atoms with Crippen molar-refractivity contribution in [3.63, 3.8) is 0 Å². The molecule has 1 fully saturated rings. The molecule has 2 aliphatic rings. The van der Waals surface area contributed by atoms with Gasteiger partial charge in [0.2, 0.25) is 0 Å². The summed E-state index contributed by atoms with van der Waals surface area (Å²) >= 11 is 0. The Hall–Kier alpha value is -0.0900. The Bertz CT molecular complexity index is 179. The minimum atomic E-state index is 1.03. The Morgan fingerprint density at radius 3 is 2.67 bits per heavy atom. The third-order valence-corrected chi connectivity index (χ3v) is 3.35. The molecule has 0 amide bonds. The topological polar surface area (TPSA) is 0 Å². The van der Waals surface area contributed by atoms with E-state index in [0.29, 0.717) is 0 Å². The molecule has 1 atom stereocenters. The van der Waals surface area contributed by atoms with Crippen LogP contribution in [0, 0.1) is 5.92 Å². The van der Waals surface area contributed by atoms with Crippen molar-refractivity contribution in [3.8, 4) is 0 Å². The van der Waals surface area contributed by atoms with E-state index in [4.69, 9.17) is 0 Å². The maximum atomic E-state index is 3.90. The molecule has 48 valence electrons. The summed E-state index contributed by atoms with van der Waals surface area (Å²) in [6.07, 6.45) is 9.55. The molecule has 2 rings (SSSR count). The summed E-state index contributed by atoms with van der Waals surface area (Å²) in [5.74, 6) is 1.03. The zero-order valence-corrected chi connectivity index (χ0v) is 6.45. The molecule has 1 heteroatoms. The molecule has 0 saturated heterocycles. The molecule has 0 spiro atoms. The Labute approximate surface area is 57.8 Å². The fraction of sp³-hybridized carbons (Fsp3) is 0.625. The van der Waals surface area contributed by atoms with Crippen LogP contribution in [-0.2, 0) is 0 Å². The van der Waals surface area contributed by atoms with Crippen molar-refractivity contribution in [1.29, 1.82) is 0 Å². The van der Waals surface area contributed by atoms with Gasteiger partial charge in [0.25, 0.3) is 0 Å². The number of fused-ring (bicyclic) bond motifs is 2. The van der Waals surface area contributed by atoms with Crippen LogP contribution in [0.1, 0.15) is 25.7 Å². The van der Waals surface area contributed by atoms with Gasteiger partial charge in [-0.2, -0.15) is 0 Å². The van der Waals surface area contributed by atoms with E-state index in [1.165, 1.54) is 33.9 Å². The lowest BCUT2D eigenvalue weighted by Crippen LogP contribution is -1.89. The van der Waals surface area contributed by atoms with E-state index in [1.54, 1.807) is 10.9 Å². The van der Waals surface area contributed by atoms with E-state index in [-0.39, 0.29) is 0 Å². The van der Waals surface area contributed by atoms with Crippen molar-refractivity contribution in [2.24, 2.45) is 5.92 Å². The largest absolute Gasteiger partial charge is 0.0809 e. The highest BCUT2D eigenvalue weighted by molar-refractivity contribution is 7.41. The van der Waals surface area contributed by atoms with E-state index >= 15 is 0 Å². The van der Waals surface area contributed by atoms with Gasteiger partial charge in [-0.15, -0.1) is 0 Å². The lowest BCUT2D eigenvalue weighted by molar-refractivity contribution is 0.573. The van der Waals surface area contributed by atoms with Gasteiger partial charge < -0.3 is 0 Å². The van der Waals surface area contributed by atoms with Crippen LogP contribution < -0.4 is 0 Å². The van der Waals surface area contributed by atoms with Gasteiger partial charge in [-0.05, 0) is 36.9 Å². The molecule has 0 aromatic heterocycles. The van der Waals surface area contributed by atoms with Crippen LogP contribution in [0.15, 0.2) is 10.9 Å². The smallest absolute Gasteiger partial charge is 0.0204 e. The van der Waals surface area contributed by atoms with Gasteiger partial charge in [-0.3, -0.25) is 0 Å². The first-order valence-corrected chi connectivity index (χ1v) is 4.65. The molecule has 1 unspecified atom stereocenters. The predicted octanol–water partition coefficient (Wildman–Crippen LogP) is 2.82. The molecule has 0 aromatic rings. The van der Waals surface area contributed by atoms with Crippen molar-refractivity contribution in [3.05, 3.63) is 10.9 Å². The molecule has 2 bridgehead atoms. The van der Waals surface area contributed by atoms with Gasteiger partial charge in [0.05, 0.1) is 0 Å². The van der Waals surface area contributed by atoms with Gasteiger partial charge in [0.1, 0.15) is 0 Å². The second kappa shape index (κ2) is 1.95. The van der Waals surface area contributed by atoms with E-state index < -0.39 is 0 Å². The summed E-state index contributed by atoms with van der Waals surface area (Å²) in [4.78, 5) is 0. The van der Waals surface area contributed by atoms with Crippen molar-refractivity contribution in [2.75, 3.05) is 0 Å². The first kappa shape index (κ1) is 5.68. The Morgan fingerprint density at radius 1 is 1.44 bits per heavy atom. The molecular formula is C8H11P. The number of hydrogen-bond acceptors (Lipinski definition) is 0. The van der Waals surface area contributed by atoms with E-state index in [9.17, 15) is 0 Å². The summed E-state index contributed by atoms with van der Waals surface area (Å²) in [6, 6.07) is 0. The van der Waals surface area contributed by atoms with E-state index in [1.807, 2.05) is 0 Å². The number of rotatable bonds is 1.